The molecule has 0 radical (unpaired) electrons. The van der Waals surface area contributed by atoms with Crippen molar-refractivity contribution >= 4 is 12.0 Å². The highest BCUT2D eigenvalue weighted by Crippen LogP contribution is 2.47. The van der Waals surface area contributed by atoms with Crippen molar-refractivity contribution in [1.29, 1.82) is 0 Å². The van der Waals surface area contributed by atoms with Crippen LogP contribution in [0.3, 0.4) is 0 Å². The third-order valence-corrected chi connectivity index (χ3v) is 3.53. The maximum Gasteiger partial charge on any atom is 0.246 e. The Balaban J connectivity index is 1.91. The number of amides is 1. The van der Waals surface area contributed by atoms with Crippen LogP contribution in [-0.4, -0.2) is 24.4 Å². The summed E-state index contributed by atoms with van der Waals surface area (Å²) in [7, 11) is 1.83. The van der Waals surface area contributed by atoms with E-state index < -0.39 is 0 Å². The molecule has 0 saturated heterocycles. The smallest absolute Gasteiger partial charge is 0.246 e. The second kappa shape index (κ2) is 5.64. The molecule has 2 atom stereocenters. The highest BCUT2D eigenvalue weighted by Gasteiger charge is 2.36. The van der Waals surface area contributed by atoms with Crippen LogP contribution in [0, 0.1) is 11.8 Å². The van der Waals surface area contributed by atoms with Crippen molar-refractivity contribution in [3.8, 4) is 0 Å². The summed E-state index contributed by atoms with van der Waals surface area (Å²) in [6, 6.07) is 3.96. The molecule has 1 amide bonds. The average molecular weight is 261 g/mol. The van der Waals surface area contributed by atoms with Gasteiger partial charge in [-0.3, -0.25) is 4.79 Å². The van der Waals surface area contributed by atoms with Gasteiger partial charge in [-0.2, -0.15) is 0 Å². The lowest BCUT2D eigenvalue weighted by Gasteiger charge is -2.17. The van der Waals surface area contributed by atoms with E-state index in [4.69, 9.17) is 4.42 Å². The molecule has 1 aliphatic carbocycles. The number of hydrogen-bond donors (Lipinski definition) is 0. The van der Waals surface area contributed by atoms with Crippen LogP contribution in [0.2, 0.25) is 0 Å². The molecule has 104 valence electrons. The molecule has 19 heavy (non-hydrogen) atoms. The zero-order chi connectivity index (χ0) is 14.0. The van der Waals surface area contributed by atoms with Gasteiger partial charge in [-0.1, -0.05) is 20.8 Å². The number of carbonyl (C=O) groups excluding carboxylic acids is 1. The van der Waals surface area contributed by atoms with Gasteiger partial charge in [0, 0.05) is 25.6 Å². The van der Waals surface area contributed by atoms with Gasteiger partial charge in [0.15, 0.2) is 0 Å². The molecule has 0 bridgehead atoms. The van der Waals surface area contributed by atoms with E-state index in [9.17, 15) is 4.79 Å². The first-order valence-corrected chi connectivity index (χ1v) is 7.00. The van der Waals surface area contributed by atoms with Gasteiger partial charge < -0.3 is 9.32 Å². The molecular formula is C16H23NO2. The molecule has 1 heterocycles. The quantitative estimate of drug-likeness (QED) is 0.760. The molecule has 0 aliphatic heterocycles. The van der Waals surface area contributed by atoms with Gasteiger partial charge in [0.25, 0.3) is 0 Å². The van der Waals surface area contributed by atoms with Crippen molar-refractivity contribution in [1.82, 2.24) is 4.90 Å². The van der Waals surface area contributed by atoms with E-state index in [-0.39, 0.29) is 5.91 Å². The number of furan rings is 1. The van der Waals surface area contributed by atoms with E-state index in [0.29, 0.717) is 11.8 Å². The lowest BCUT2D eigenvalue weighted by Crippen LogP contribution is -2.28. The molecule has 3 heteroatoms. The van der Waals surface area contributed by atoms with Crippen LogP contribution in [0.1, 0.15) is 44.6 Å². The second-order valence-electron chi connectivity index (χ2n) is 6.01. The minimum Gasteiger partial charge on any atom is -0.461 e. The van der Waals surface area contributed by atoms with Crippen LogP contribution >= 0.6 is 0 Å². The highest BCUT2D eigenvalue weighted by atomic mass is 16.3. The normalized spacial score (nSPS) is 22.2. The Hall–Kier alpha value is -1.51. The van der Waals surface area contributed by atoms with Crippen LogP contribution in [-0.2, 0) is 4.79 Å². The first-order chi connectivity index (χ1) is 8.97. The second-order valence-corrected chi connectivity index (χ2v) is 6.01. The van der Waals surface area contributed by atoms with Gasteiger partial charge in [0.1, 0.15) is 11.5 Å². The third kappa shape index (κ3) is 3.72. The minimum atomic E-state index is 0.0199. The van der Waals surface area contributed by atoms with Gasteiger partial charge in [-0.15, -0.1) is 0 Å². The van der Waals surface area contributed by atoms with E-state index in [0.717, 1.165) is 24.0 Å². The summed E-state index contributed by atoms with van der Waals surface area (Å²) >= 11 is 0. The fourth-order valence-electron chi connectivity index (χ4n) is 2.29. The van der Waals surface area contributed by atoms with E-state index in [1.165, 1.54) is 6.42 Å². The van der Waals surface area contributed by atoms with Crippen molar-refractivity contribution in [2.75, 3.05) is 13.6 Å². The van der Waals surface area contributed by atoms with Gasteiger partial charge in [0.05, 0.1) is 0 Å². The summed E-state index contributed by atoms with van der Waals surface area (Å²) in [5, 5.41) is 0. The van der Waals surface area contributed by atoms with Gasteiger partial charge in [-0.05, 0) is 36.5 Å². The molecule has 0 spiro atoms. The molecule has 0 aromatic carbocycles. The first-order valence-electron chi connectivity index (χ1n) is 7.00. The zero-order valence-electron chi connectivity index (χ0n) is 12.2. The Kier molecular flexibility index (Phi) is 4.13. The Bertz CT molecular complexity index is 473. The van der Waals surface area contributed by atoms with Crippen molar-refractivity contribution in [2.24, 2.45) is 11.8 Å². The number of nitrogens with zero attached hydrogens (tertiary/aromatic N) is 1. The number of likely N-dealkylation sites (N-methyl/N-ethyl adjacent to an activating group) is 1. The summed E-state index contributed by atoms with van der Waals surface area (Å²) in [5.74, 6) is 3.64. The van der Waals surface area contributed by atoms with Crippen LogP contribution in [0.15, 0.2) is 22.6 Å². The van der Waals surface area contributed by atoms with Crippen LogP contribution in [0.5, 0.6) is 0 Å². The molecule has 1 aromatic heterocycles. The Labute approximate surface area is 115 Å². The zero-order valence-corrected chi connectivity index (χ0v) is 12.2. The maximum absolute atomic E-state index is 11.9. The van der Waals surface area contributed by atoms with E-state index in [1.807, 2.05) is 19.2 Å². The fraction of sp³-hybridized carbons (Fsp3) is 0.562. The van der Waals surface area contributed by atoms with E-state index in [1.54, 1.807) is 17.1 Å². The molecule has 0 N–H and O–H groups in total. The lowest BCUT2D eigenvalue weighted by molar-refractivity contribution is -0.125. The van der Waals surface area contributed by atoms with Crippen molar-refractivity contribution < 1.29 is 9.21 Å². The predicted octanol–water partition coefficient (Wildman–Crippen LogP) is 3.53. The standard InChI is InChI=1S/C16H23NO2/c1-11(2)10-17(4)16(18)8-6-13-5-7-15(19-13)14-9-12(14)3/h5-8,11-12,14H,9-10H2,1-4H3/b8-6+. The monoisotopic (exact) mass is 261 g/mol. The molecule has 1 aliphatic rings. The molecule has 1 aromatic rings. The molecule has 2 rings (SSSR count). The summed E-state index contributed by atoms with van der Waals surface area (Å²) in [6.07, 6.45) is 4.56. The van der Waals surface area contributed by atoms with Gasteiger partial charge in [-0.25, -0.2) is 0 Å². The summed E-state index contributed by atoms with van der Waals surface area (Å²) in [4.78, 5) is 13.6. The Morgan fingerprint density at radius 1 is 1.53 bits per heavy atom. The van der Waals surface area contributed by atoms with Crippen molar-refractivity contribution in [2.45, 2.75) is 33.1 Å². The largest absolute Gasteiger partial charge is 0.461 e. The minimum absolute atomic E-state index is 0.0199. The Morgan fingerprint density at radius 2 is 2.21 bits per heavy atom. The summed E-state index contributed by atoms with van der Waals surface area (Å²) < 4.78 is 5.73. The highest BCUT2D eigenvalue weighted by molar-refractivity contribution is 5.91. The number of carbonyl (C=O) groups is 1. The predicted molar refractivity (Wildman–Crippen MR) is 76.7 cm³/mol. The van der Waals surface area contributed by atoms with E-state index >= 15 is 0 Å². The van der Waals surface area contributed by atoms with Gasteiger partial charge in [0.2, 0.25) is 5.91 Å². The molecular weight excluding hydrogens is 238 g/mol. The van der Waals surface area contributed by atoms with Crippen molar-refractivity contribution in [3.63, 3.8) is 0 Å². The van der Waals surface area contributed by atoms with Crippen LogP contribution in [0.25, 0.3) is 6.08 Å². The molecule has 3 nitrogen and oxygen atoms in total. The number of rotatable bonds is 5. The molecule has 1 fully saturated rings. The fourth-order valence-corrected chi connectivity index (χ4v) is 2.29. The topological polar surface area (TPSA) is 33.5 Å². The maximum atomic E-state index is 11.9. The Morgan fingerprint density at radius 3 is 2.79 bits per heavy atom. The molecule has 1 saturated carbocycles. The third-order valence-electron chi connectivity index (χ3n) is 3.53. The molecule has 2 unspecified atom stereocenters. The SMILES string of the molecule is CC(C)CN(C)C(=O)/C=C/c1ccc(C2CC2C)o1. The lowest BCUT2D eigenvalue weighted by atomic mass is 10.2. The van der Waals surface area contributed by atoms with Crippen LogP contribution in [0.4, 0.5) is 0 Å². The average Bonchev–Trinajstić information content (AvgIpc) is 2.89. The summed E-state index contributed by atoms with van der Waals surface area (Å²) in [5.41, 5.74) is 0. The van der Waals surface area contributed by atoms with E-state index in [2.05, 4.69) is 20.8 Å². The summed E-state index contributed by atoms with van der Waals surface area (Å²) in [6.45, 7) is 7.20. The number of hydrogen-bond acceptors (Lipinski definition) is 2. The first kappa shape index (κ1) is 13.9. The van der Waals surface area contributed by atoms with Crippen molar-refractivity contribution in [3.05, 3.63) is 29.7 Å². The van der Waals surface area contributed by atoms with Crippen LogP contribution < -0.4 is 0 Å². The van der Waals surface area contributed by atoms with Gasteiger partial charge >= 0.3 is 0 Å².